The van der Waals surface area contributed by atoms with Crippen LogP contribution in [0.25, 0.3) is 0 Å². The molecule has 7 heteroatoms. The number of nitrogens with one attached hydrogen (secondary N) is 2. The smallest absolute Gasteiger partial charge is 0.284 e. The summed E-state index contributed by atoms with van der Waals surface area (Å²) in [4.78, 5) is 0. The molecule has 2 aromatic carbocycles. The van der Waals surface area contributed by atoms with Gasteiger partial charge in [-0.05, 0) is 48.5 Å². The van der Waals surface area contributed by atoms with Gasteiger partial charge in [-0.25, -0.2) is 0 Å². The molecule has 0 bridgehead atoms. The lowest BCUT2D eigenvalue weighted by atomic mass is 10.3. The molecule has 0 saturated heterocycles. The van der Waals surface area contributed by atoms with E-state index in [9.17, 15) is 0 Å². The van der Waals surface area contributed by atoms with E-state index in [-0.39, 0.29) is 12.0 Å². The van der Waals surface area contributed by atoms with E-state index < -0.39 is 0 Å². The zero-order chi connectivity index (χ0) is 15.2. The summed E-state index contributed by atoms with van der Waals surface area (Å²) in [5, 5.41) is 14.0. The van der Waals surface area contributed by atoms with E-state index in [1.165, 1.54) is 0 Å². The van der Waals surface area contributed by atoms with Crippen LogP contribution in [-0.2, 0) is 0 Å². The zero-order valence-electron chi connectivity index (χ0n) is 11.0. The Morgan fingerprint density at radius 1 is 0.619 bits per heavy atom. The molecule has 0 saturated carbocycles. The van der Waals surface area contributed by atoms with E-state index in [0.29, 0.717) is 23.0 Å². The molecule has 0 spiro atoms. The van der Waals surface area contributed by atoms with Gasteiger partial charge in [0.25, 0.3) is 12.0 Å². The minimum Gasteiger partial charge on any atom is -0.457 e. The summed E-state index contributed by atoms with van der Waals surface area (Å²) >= 11 is 0. The first-order valence-electron chi connectivity index (χ1n) is 5.94. The van der Waals surface area contributed by atoms with Crippen molar-refractivity contribution in [1.29, 1.82) is 10.8 Å². The number of hydrogen-bond acceptors (Lipinski definition) is 5. The molecule has 2 aromatic rings. The van der Waals surface area contributed by atoms with Gasteiger partial charge in [-0.1, -0.05) is 0 Å². The fraction of sp³-hybridized carbons (Fsp3) is 0. The maximum Gasteiger partial charge on any atom is 0.284 e. The number of hydrogen-bond donors (Lipinski definition) is 4. The second-order valence-electron chi connectivity index (χ2n) is 3.98. The predicted octanol–water partition coefficient (Wildman–Crippen LogP) is 2.02. The maximum absolute atomic E-state index is 7.02. The Bertz CT molecular complexity index is 581. The largest absolute Gasteiger partial charge is 0.457 e. The van der Waals surface area contributed by atoms with Gasteiger partial charge in [-0.3, -0.25) is 10.8 Å². The molecule has 0 heterocycles. The van der Waals surface area contributed by atoms with E-state index >= 15 is 0 Å². The molecule has 21 heavy (non-hydrogen) atoms. The molecular weight excluding hydrogens is 272 g/mol. The SMILES string of the molecule is N=C(N)Oc1ccc(Oc2ccc(OC(=N)N)cc2)cc1. The van der Waals surface area contributed by atoms with Crippen LogP contribution in [-0.4, -0.2) is 12.0 Å². The molecule has 0 aliphatic rings. The monoisotopic (exact) mass is 286 g/mol. The van der Waals surface area contributed by atoms with Crippen LogP contribution in [0.15, 0.2) is 48.5 Å². The molecule has 0 aliphatic carbocycles. The predicted molar refractivity (Wildman–Crippen MR) is 78.0 cm³/mol. The van der Waals surface area contributed by atoms with Crippen molar-refractivity contribution in [1.82, 2.24) is 0 Å². The summed E-state index contributed by atoms with van der Waals surface area (Å²) in [5.41, 5.74) is 10.3. The van der Waals surface area contributed by atoms with E-state index in [1.807, 2.05) is 0 Å². The van der Waals surface area contributed by atoms with Gasteiger partial charge in [-0.2, -0.15) is 0 Å². The van der Waals surface area contributed by atoms with Crippen LogP contribution in [0.1, 0.15) is 0 Å². The number of benzene rings is 2. The third kappa shape index (κ3) is 4.43. The van der Waals surface area contributed by atoms with Gasteiger partial charge in [-0.15, -0.1) is 0 Å². The molecule has 2 rings (SSSR count). The van der Waals surface area contributed by atoms with Crippen LogP contribution in [0.2, 0.25) is 0 Å². The van der Waals surface area contributed by atoms with Crippen molar-refractivity contribution in [2.45, 2.75) is 0 Å². The summed E-state index contributed by atoms with van der Waals surface area (Å²) in [7, 11) is 0. The highest BCUT2D eigenvalue weighted by molar-refractivity contribution is 5.71. The van der Waals surface area contributed by atoms with Gasteiger partial charge in [0, 0.05) is 0 Å². The first-order chi connectivity index (χ1) is 10.0. The average molecular weight is 286 g/mol. The molecule has 0 fully saturated rings. The zero-order valence-corrected chi connectivity index (χ0v) is 11.0. The normalized spacial score (nSPS) is 9.71. The van der Waals surface area contributed by atoms with Crippen LogP contribution in [0.4, 0.5) is 0 Å². The Morgan fingerprint density at radius 2 is 0.905 bits per heavy atom. The van der Waals surface area contributed by atoms with Crippen LogP contribution >= 0.6 is 0 Å². The number of ether oxygens (including phenoxy) is 3. The quantitative estimate of drug-likeness (QED) is 0.505. The molecule has 7 nitrogen and oxygen atoms in total. The van der Waals surface area contributed by atoms with Crippen molar-refractivity contribution in [2.75, 3.05) is 0 Å². The van der Waals surface area contributed by atoms with Crippen LogP contribution in [0.5, 0.6) is 23.0 Å². The van der Waals surface area contributed by atoms with Crippen LogP contribution in [0, 0.1) is 10.8 Å². The molecule has 0 unspecified atom stereocenters. The lowest BCUT2D eigenvalue weighted by molar-refractivity contribution is 0.477. The van der Waals surface area contributed by atoms with Gasteiger partial charge < -0.3 is 25.7 Å². The Hall–Kier alpha value is -3.22. The highest BCUT2D eigenvalue weighted by atomic mass is 16.5. The Labute approximate surface area is 121 Å². The minimum absolute atomic E-state index is 0.371. The van der Waals surface area contributed by atoms with Gasteiger partial charge >= 0.3 is 0 Å². The summed E-state index contributed by atoms with van der Waals surface area (Å²) < 4.78 is 15.5. The van der Waals surface area contributed by atoms with Crippen molar-refractivity contribution in [3.05, 3.63) is 48.5 Å². The van der Waals surface area contributed by atoms with Crippen molar-refractivity contribution in [2.24, 2.45) is 11.5 Å². The highest BCUT2D eigenvalue weighted by Gasteiger charge is 2.01. The number of nitrogens with two attached hydrogens (primary N) is 2. The molecule has 0 aromatic heterocycles. The van der Waals surface area contributed by atoms with Crippen molar-refractivity contribution >= 4 is 12.0 Å². The second-order valence-corrected chi connectivity index (χ2v) is 3.98. The molecule has 6 N–H and O–H groups in total. The fourth-order valence-electron chi connectivity index (χ4n) is 1.54. The molecule has 0 radical (unpaired) electrons. The second kappa shape index (κ2) is 6.29. The van der Waals surface area contributed by atoms with Gasteiger partial charge in [0.05, 0.1) is 0 Å². The van der Waals surface area contributed by atoms with Gasteiger partial charge in [0.1, 0.15) is 23.0 Å². The number of amidine groups is 2. The number of rotatable bonds is 4. The maximum atomic E-state index is 7.02. The van der Waals surface area contributed by atoms with E-state index in [1.54, 1.807) is 48.5 Å². The minimum atomic E-state index is -0.371. The van der Waals surface area contributed by atoms with Gasteiger partial charge in [0.15, 0.2) is 0 Å². The van der Waals surface area contributed by atoms with Crippen molar-refractivity contribution in [3.8, 4) is 23.0 Å². The lowest BCUT2D eigenvalue weighted by Gasteiger charge is -2.08. The molecule has 0 atom stereocenters. The molecule has 0 aliphatic heterocycles. The summed E-state index contributed by atoms with van der Waals surface area (Å²) in [6.07, 6.45) is 0. The third-order valence-electron chi connectivity index (χ3n) is 2.34. The molecule has 108 valence electrons. The standard InChI is InChI=1S/C14H14N4O3/c15-13(16)20-11-5-1-9(2-6-11)19-10-3-7-12(8-4-10)21-14(17)18/h1-8H,(H3,15,16)(H3,17,18). The van der Waals surface area contributed by atoms with Gasteiger partial charge in [0.2, 0.25) is 0 Å². The lowest BCUT2D eigenvalue weighted by Crippen LogP contribution is -2.17. The Kier molecular flexibility index (Phi) is 4.25. The highest BCUT2D eigenvalue weighted by Crippen LogP contribution is 2.25. The topological polar surface area (TPSA) is 127 Å². The molecular formula is C14H14N4O3. The van der Waals surface area contributed by atoms with Crippen LogP contribution in [0.3, 0.4) is 0 Å². The summed E-state index contributed by atoms with van der Waals surface area (Å²) in [6, 6.07) is 12.6. The average Bonchev–Trinajstić information content (AvgIpc) is 2.42. The molecule has 0 amide bonds. The summed E-state index contributed by atoms with van der Waals surface area (Å²) in [6.45, 7) is 0. The Balaban J connectivity index is 2.01. The fourth-order valence-corrected chi connectivity index (χ4v) is 1.54. The van der Waals surface area contributed by atoms with E-state index in [2.05, 4.69) is 0 Å². The third-order valence-corrected chi connectivity index (χ3v) is 2.34. The van der Waals surface area contributed by atoms with E-state index in [4.69, 9.17) is 36.5 Å². The first-order valence-corrected chi connectivity index (χ1v) is 5.94. The van der Waals surface area contributed by atoms with Crippen molar-refractivity contribution in [3.63, 3.8) is 0 Å². The first kappa shape index (κ1) is 14.2. The summed E-state index contributed by atoms with van der Waals surface area (Å²) in [5.74, 6) is 2.12. The Morgan fingerprint density at radius 3 is 1.19 bits per heavy atom. The van der Waals surface area contributed by atoms with Crippen molar-refractivity contribution < 1.29 is 14.2 Å². The van der Waals surface area contributed by atoms with Crippen LogP contribution < -0.4 is 25.7 Å². The van der Waals surface area contributed by atoms with E-state index in [0.717, 1.165) is 0 Å².